The van der Waals surface area contributed by atoms with Crippen molar-refractivity contribution in [3.63, 3.8) is 0 Å². The number of hydrogen-bond donors (Lipinski definition) is 2. The van der Waals surface area contributed by atoms with Crippen LogP contribution in [-0.4, -0.2) is 23.1 Å². The maximum atomic E-state index is 5.68. The summed E-state index contributed by atoms with van der Waals surface area (Å²) in [6.07, 6.45) is 3.08. The van der Waals surface area contributed by atoms with Crippen molar-refractivity contribution in [2.45, 2.75) is 0 Å². The molecular weight excluding hydrogens is 252 g/mol. The number of aromatic nitrogens is 2. The lowest BCUT2D eigenvalue weighted by molar-refractivity contribution is 0.332. The normalized spacial score (nSPS) is 10.1. The largest absolute Gasteiger partial charge is 0.492 e. The highest BCUT2D eigenvalue weighted by molar-refractivity contribution is 6.30. The van der Waals surface area contributed by atoms with Gasteiger partial charge in [-0.2, -0.15) is 0 Å². The quantitative estimate of drug-likeness (QED) is 0.640. The molecule has 1 aromatic carbocycles. The predicted octanol–water partition coefficient (Wildman–Crippen LogP) is 2.20. The van der Waals surface area contributed by atoms with Crippen LogP contribution in [0.25, 0.3) is 0 Å². The molecule has 0 aliphatic rings. The van der Waals surface area contributed by atoms with Gasteiger partial charge >= 0.3 is 0 Å². The second-order valence-electron chi connectivity index (χ2n) is 3.57. The average Bonchev–Trinajstić information content (AvgIpc) is 2.39. The molecular formula is C12H13ClN4O. The summed E-state index contributed by atoms with van der Waals surface area (Å²) in [6, 6.07) is 7.25. The molecule has 6 heteroatoms. The first-order valence-corrected chi connectivity index (χ1v) is 5.81. The van der Waals surface area contributed by atoms with Crippen LogP contribution in [0.5, 0.6) is 5.75 Å². The number of nitrogens with one attached hydrogen (secondary N) is 1. The molecule has 0 atom stereocenters. The van der Waals surface area contributed by atoms with Crippen molar-refractivity contribution >= 4 is 23.2 Å². The van der Waals surface area contributed by atoms with Crippen molar-refractivity contribution in [3.8, 4) is 5.75 Å². The third kappa shape index (κ3) is 3.78. The molecule has 0 saturated heterocycles. The lowest BCUT2D eigenvalue weighted by Crippen LogP contribution is -2.13. The van der Waals surface area contributed by atoms with Gasteiger partial charge in [0.05, 0.1) is 24.0 Å². The Hall–Kier alpha value is -2.01. The number of benzene rings is 1. The van der Waals surface area contributed by atoms with Gasteiger partial charge in [-0.05, 0) is 24.3 Å². The van der Waals surface area contributed by atoms with E-state index in [9.17, 15) is 0 Å². The molecule has 0 spiro atoms. The van der Waals surface area contributed by atoms with Crippen LogP contribution >= 0.6 is 11.6 Å². The van der Waals surface area contributed by atoms with Crippen LogP contribution in [0.1, 0.15) is 0 Å². The second-order valence-corrected chi connectivity index (χ2v) is 4.01. The summed E-state index contributed by atoms with van der Waals surface area (Å²) in [5, 5.41) is 3.54. The van der Waals surface area contributed by atoms with Crippen LogP contribution in [0.3, 0.4) is 0 Å². The van der Waals surface area contributed by atoms with Crippen molar-refractivity contribution in [2.24, 2.45) is 0 Å². The molecule has 0 radical (unpaired) electrons. The Bertz CT molecular complexity index is 439. The van der Waals surface area contributed by atoms with Gasteiger partial charge < -0.3 is 15.8 Å². The Morgan fingerprint density at radius 3 is 2.50 bits per heavy atom. The molecule has 18 heavy (non-hydrogen) atoms. The molecule has 3 N–H and O–H groups in total. The van der Waals surface area contributed by atoms with E-state index in [-0.39, 0.29) is 0 Å². The Kier molecular flexibility index (Phi) is 4.20. The number of halogens is 1. The van der Waals surface area contributed by atoms with Crippen LogP contribution in [0, 0.1) is 0 Å². The maximum Gasteiger partial charge on any atom is 0.222 e. The summed E-state index contributed by atoms with van der Waals surface area (Å²) in [7, 11) is 0. The van der Waals surface area contributed by atoms with E-state index in [2.05, 4.69) is 15.3 Å². The highest BCUT2D eigenvalue weighted by Crippen LogP contribution is 2.12. The van der Waals surface area contributed by atoms with E-state index in [4.69, 9.17) is 22.1 Å². The van der Waals surface area contributed by atoms with Gasteiger partial charge in [0.25, 0.3) is 0 Å². The molecule has 0 aliphatic heterocycles. The number of anilines is 2. The summed E-state index contributed by atoms with van der Waals surface area (Å²) in [6.45, 7) is 1.11. The third-order valence-corrected chi connectivity index (χ3v) is 2.35. The van der Waals surface area contributed by atoms with E-state index in [0.29, 0.717) is 24.1 Å². The minimum atomic E-state index is 0.510. The van der Waals surface area contributed by atoms with Crippen LogP contribution in [0.2, 0.25) is 5.02 Å². The Morgan fingerprint density at radius 1 is 1.17 bits per heavy atom. The summed E-state index contributed by atoms with van der Waals surface area (Å²) in [4.78, 5) is 8.02. The van der Waals surface area contributed by atoms with Gasteiger partial charge in [0.2, 0.25) is 5.95 Å². The molecule has 1 aromatic heterocycles. The molecule has 5 nitrogen and oxygen atoms in total. The van der Waals surface area contributed by atoms with Crippen molar-refractivity contribution in [1.29, 1.82) is 0 Å². The lowest BCUT2D eigenvalue weighted by Gasteiger charge is -2.07. The zero-order chi connectivity index (χ0) is 12.8. The van der Waals surface area contributed by atoms with Gasteiger partial charge in [-0.15, -0.1) is 0 Å². The van der Waals surface area contributed by atoms with E-state index < -0.39 is 0 Å². The molecule has 94 valence electrons. The first-order valence-electron chi connectivity index (χ1n) is 5.44. The summed E-state index contributed by atoms with van der Waals surface area (Å²) in [5.74, 6) is 1.31. The molecule has 0 amide bonds. The smallest absolute Gasteiger partial charge is 0.222 e. The van der Waals surface area contributed by atoms with Crippen molar-refractivity contribution in [3.05, 3.63) is 41.7 Å². The number of nitrogens with zero attached hydrogens (tertiary/aromatic N) is 2. The Labute approximate surface area is 110 Å². The first kappa shape index (κ1) is 12.4. The fourth-order valence-electron chi connectivity index (χ4n) is 1.30. The number of nitrogen functional groups attached to an aromatic ring is 1. The maximum absolute atomic E-state index is 5.68. The van der Waals surface area contributed by atoms with Gasteiger partial charge in [0, 0.05) is 5.69 Å². The second kappa shape index (κ2) is 6.07. The van der Waals surface area contributed by atoms with E-state index in [1.165, 1.54) is 12.4 Å². The van der Waals surface area contributed by atoms with Crippen molar-refractivity contribution in [1.82, 2.24) is 9.97 Å². The molecule has 2 aromatic rings. The fourth-order valence-corrected chi connectivity index (χ4v) is 1.40. The van der Waals surface area contributed by atoms with Gasteiger partial charge in [-0.1, -0.05) is 11.6 Å². The van der Waals surface area contributed by atoms with E-state index >= 15 is 0 Å². The van der Waals surface area contributed by atoms with Gasteiger partial charge in [0.15, 0.2) is 0 Å². The van der Waals surface area contributed by atoms with Crippen LogP contribution in [0.15, 0.2) is 36.7 Å². The predicted molar refractivity (Wildman–Crippen MR) is 71.9 cm³/mol. The summed E-state index contributed by atoms with van der Waals surface area (Å²) in [5.41, 5.74) is 6.29. The average molecular weight is 265 g/mol. The SMILES string of the molecule is Nc1ccc(OCCNc2ncc(Cl)cn2)cc1. The number of hydrogen-bond acceptors (Lipinski definition) is 5. The van der Waals surface area contributed by atoms with Crippen molar-refractivity contribution in [2.75, 3.05) is 24.2 Å². The molecule has 0 fully saturated rings. The monoisotopic (exact) mass is 264 g/mol. The number of ether oxygens (including phenoxy) is 1. The number of nitrogens with two attached hydrogens (primary N) is 1. The van der Waals surface area contributed by atoms with E-state index in [1.54, 1.807) is 12.1 Å². The molecule has 2 rings (SSSR count). The van der Waals surface area contributed by atoms with Crippen molar-refractivity contribution < 1.29 is 4.74 Å². The third-order valence-electron chi connectivity index (χ3n) is 2.15. The van der Waals surface area contributed by atoms with Gasteiger partial charge in [0.1, 0.15) is 12.4 Å². The Morgan fingerprint density at radius 2 is 1.83 bits per heavy atom. The van der Waals surface area contributed by atoms with E-state index in [0.717, 1.165) is 11.4 Å². The zero-order valence-corrected chi connectivity index (χ0v) is 10.4. The van der Waals surface area contributed by atoms with Gasteiger partial charge in [-0.3, -0.25) is 0 Å². The standard InChI is InChI=1S/C12H13ClN4O/c13-9-7-16-12(17-8-9)15-5-6-18-11-3-1-10(14)2-4-11/h1-4,7-8H,5-6,14H2,(H,15,16,17). The molecule has 0 aliphatic carbocycles. The van der Waals surface area contributed by atoms with Crippen LogP contribution in [-0.2, 0) is 0 Å². The van der Waals surface area contributed by atoms with Gasteiger partial charge in [-0.25, -0.2) is 9.97 Å². The molecule has 0 bridgehead atoms. The highest BCUT2D eigenvalue weighted by atomic mass is 35.5. The van der Waals surface area contributed by atoms with E-state index in [1.807, 2.05) is 12.1 Å². The summed E-state index contributed by atoms with van der Waals surface area (Å²) >= 11 is 5.68. The highest BCUT2D eigenvalue weighted by Gasteiger charge is 1.96. The van der Waals surface area contributed by atoms with Crippen LogP contribution in [0.4, 0.5) is 11.6 Å². The number of rotatable bonds is 5. The zero-order valence-electron chi connectivity index (χ0n) is 9.64. The molecule has 1 heterocycles. The fraction of sp³-hybridized carbons (Fsp3) is 0.167. The summed E-state index contributed by atoms with van der Waals surface area (Å²) < 4.78 is 5.51. The minimum Gasteiger partial charge on any atom is -0.492 e. The molecule has 0 unspecified atom stereocenters. The lowest BCUT2D eigenvalue weighted by atomic mass is 10.3. The first-order chi connectivity index (χ1) is 8.74. The molecule has 0 saturated carbocycles. The van der Waals surface area contributed by atoms with Crippen LogP contribution < -0.4 is 15.8 Å². The topological polar surface area (TPSA) is 73.1 Å². The Balaban J connectivity index is 1.73. The minimum absolute atomic E-state index is 0.510.